The Bertz CT molecular complexity index is 804. The molecule has 1 saturated carbocycles. The van der Waals surface area contributed by atoms with Gasteiger partial charge in [-0.2, -0.15) is 0 Å². The zero-order valence-electron chi connectivity index (χ0n) is 17.0. The lowest BCUT2D eigenvalue weighted by atomic mass is 9.86. The molecule has 1 amide bonds. The number of methoxy groups -OCH3 is 1. The molecule has 0 bridgehead atoms. The summed E-state index contributed by atoms with van der Waals surface area (Å²) >= 11 is 0. The lowest BCUT2D eigenvalue weighted by Gasteiger charge is -2.36. The minimum atomic E-state index is -0.463. The first-order valence-electron chi connectivity index (χ1n) is 10.2. The second-order valence-electron chi connectivity index (χ2n) is 7.41. The summed E-state index contributed by atoms with van der Waals surface area (Å²) in [5.74, 6) is 0.535. The quantitative estimate of drug-likeness (QED) is 0.638. The fraction of sp³-hybridized carbons (Fsp3) is 0.435. The number of nitrogens with one attached hydrogen (secondary N) is 2. The highest BCUT2D eigenvalue weighted by molar-refractivity contribution is 5.94. The van der Waals surface area contributed by atoms with E-state index in [1.165, 1.54) is 17.7 Å². The summed E-state index contributed by atoms with van der Waals surface area (Å²) in [6, 6.07) is 12.7. The van der Waals surface area contributed by atoms with E-state index >= 15 is 0 Å². The molecule has 0 spiro atoms. The molecule has 5 nitrogen and oxygen atoms in total. The van der Waals surface area contributed by atoms with Crippen LogP contribution in [0.5, 0.6) is 11.5 Å². The Morgan fingerprint density at radius 1 is 1.10 bits per heavy atom. The van der Waals surface area contributed by atoms with Crippen LogP contribution in [0.3, 0.4) is 0 Å². The summed E-state index contributed by atoms with van der Waals surface area (Å²) < 4.78 is 24.4. The number of carbonyl (C=O) groups excluding carboxylic acids is 1. The Labute approximate surface area is 171 Å². The molecular formula is C23H29FN2O3. The van der Waals surface area contributed by atoms with Gasteiger partial charge in [0.2, 0.25) is 0 Å². The largest absolute Gasteiger partial charge is 0.497 e. The third-order valence-electron chi connectivity index (χ3n) is 5.09. The molecule has 0 heterocycles. The van der Waals surface area contributed by atoms with Gasteiger partial charge in [-0.05, 0) is 62.1 Å². The second kappa shape index (κ2) is 10.3. The molecule has 2 aromatic rings. The topological polar surface area (TPSA) is 59.6 Å². The van der Waals surface area contributed by atoms with E-state index in [-0.39, 0.29) is 11.9 Å². The zero-order chi connectivity index (χ0) is 20.6. The van der Waals surface area contributed by atoms with Crippen molar-refractivity contribution in [1.82, 2.24) is 10.6 Å². The van der Waals surface area contributed by atoms with Crippen molar-refractivity contribution in [3.8, 4) is 11.5 Å². The van der Waals surface area contributed by atoms with Crippen molar-refractivity contribution in [1.29, 1.82) is 0 Å². The van der Waals surface area contributed by atoms with Crippen molar-refractivity contribution in [3.63, 3.8) is 0 Å². The van der Waals surface area contributed by atoms with Crippen LogP contribution in [0, 0.1) is 5.82 Å². The van der Waals surface area contributed by atoms with E-state index < -0.39 is 5.82 Å². The molecule has 156 valence electrons. The van der Waals surface area contributed by atoms with Gasteiger partial charge in [-0.15, -0.1) is 0 Å². The molecule has 29 heavy (non-hydrogen) atoms. The highest BCUT2D eigenvalue weighted by Crippen LogP contribution is 2.22. The lowest BCUT2D eigenvalue weighted by Crippen LogP contribution is -2.52. The van der Waals surface area contributed by atoms with Crippen LogP contribution in [0.2, 0.25) is 0 Å². The van der Waals surface area contributed by atoms with Crippen LogP contribution in [-0.2, 0) is 6.42 Å². The number of carbonyl (C=O) groups is 1. The molecule has 2 aromatic carbocycles. The Morgan fingerprint density at radius 3 is 2.55 bits per heavy atom. The van der Waals surface area contributed by atoms with Crippen molar-refractivity contribution < 1.29 is 18.7 Å². The highest BCUT2D eigenvalue weighted by atomic mass is 19.1. The van der Waals surface area contributed by atoms with Crippen molar-refractivity contribution in [2.45, 2.75) is 44.7 Å². The lowest BCUT2D eigenvalue weighted by molar-refractivity contribution is 0.0901. The molecule has 0 aromatic heterocycles. The number of hydrogen-bond donors (Lipinski definition) is 2. The standard InChI is InChI=1S/C23H29FN2O3/c1-3-10-29-22-12-17(11-18(24)13-22)23(27)26-20-14-19(15-20)25-9-8-16-4-6-21(28-2)7-5-16/h4-7,11-13,19-20,25H,3,8-10,14-15H2,1-2H3,(H,26,27). The van der Waals surface area contributed by atoms with Crippen LogP contribution in [-0.4, -0.2) is 38.3 Å². The predicted octanol–water partition coefficient (Wildman–Crippen LogP) is 3.72. The van der Waals surface area contributed by atoms with Gasteiger partial charge in [-0.1, -0.05) is 19.1 Å². The summed E-state index contributed by atoms with van der Waals surface area (Å²) in [7, 11) is 1.66. The first-order chi connectivity index (χ1) is 14.1. The van der Waals surface area contributed by atoms with E-state index in [4.69, 9.17) is 9.47 Å². The minimum absolute atomic E-state index is 0.115. The van der Waals surface area contributed by atoms with Crippen LogP contribution in [0.4, 0.5) is 4.39 Å². The molecule has 0 unspecified atom stereocenters. The van der Waals surface area contributed by atoms with Crippen LogP contribution < -0.4 is 20.1 Å². The molecule has 0 saturated heterocycles. The Hall–Kier alpha value is -2.60. The van der Waals surface area contributed by atoms with E-state index in [0.717, 1.165) is 38.0 Å². The summed E-state index contributed by atoms with van der Waals surface area (Å²) in [5.41, 5.74) is 1.56. The normalized spacial score (nSPS) is 18.0. The van der Waals surface area contributed by atoms with E-state index in [0.29, 0.717) is 24.0 Å². The SMILES string of the molecule is CCCOc1cc(F)cc(C(=O)NC2CC(NCCc3ccc(OC)cc3)C2)c1. The first-order valence-corrected chi connectivity index (χ1v) is 10.2. The molecule has 2 N–H and O–H groups in total. The summed E-state index contributed by atoms with van der Waals surface area (Å²) in [5, 5.41) is 6.50. The monoisotopic (exact) mass is 400 g/mol. The number of rotatable bonds is 10. The molecule has 1 aliphatic carbocycles. The van der Waals surface area contributed by atoms with Gasteiger partial charge in [-0.3, -0.25) is 4.79 Å². The predicted molar refractivity (Wildman–Crippen MR) is 111 cm³/mol. The van der Waals surface area contributed by atoms with Crippen LogP contribution >= 0.6 is 0 Å². The molecule has 0 radical (unpaired) electrons. The van der Waals surface area contributed by atoms with Gasteiger partial charge >= 0.3 is 0 Å². The minimum Gasteiger partial charge on any atom is -0.497 e. The van der Waals surface area contributed by atoms with Gasteiger partial charge in [0.1, 0.15) is 17.3 Å². The van der Waals surface area contributed by atoms with Crippen molar-refractivity contribution in [2.75, 3.05) is 20.3 Å². The number of benzene rings is 2. The van der Waals surface area contributed by atoms with Crippen LogP contribution in [0.1, 0.15) is 42.1 Å². The van der Waals surface area contributed by atoms with E-state index in [2.05, 4.69) is 22.8 Å². The zero-order valence-corrected chi connectivity index (χ0v) is 17.0. The van der Waals surface area contributed by atoms with E-state index in [9.17, 15) is 9.18 Å². The smallest absolute Gasteiger partial charge is 0.251 e. The molecule has 1 aliphatic rings. The molecule has 3 rings (SSSR count). The number of ether oxygens (including phenoxy) is 2. The average molecular weight is 400 g/mol. The fourth-order valence-corrected chi connectivity index (χ4v) is 3.38. The van der Waals surface area contributed by atoms with Crippen molar-refractivity contribution >= 4 is 5.91 Å². The first kappa shape index (κ1) is 21.1. The van der Waals surface area contributed by atoms with Gasteiger partial charge in [0, 0.05) is 23.7 Å². The number of hydrogen-bond acceptors (Lipinski definition) is 4. The van der Waals surface area contributed by atoms with Gasteiger partial charge in [0.05, 0.1) is 13.7 Å². The Balaban J connectivity index is 1.38. The van der Waals surface area contributed by atoms with Crippen molar-refractivity contribution in [2.24, 2.45) is 0 Å². The fourth-order valence-electron chi connectivity index (χ4n) is 3.38. The van der Waals surface area contributed by atoms with Gasteiger partial charge in [0.15, 0.2) is 0 Å². The number of halogens is 1. The highest BCUT2D eigenvalue weighted by Gasteiger charge is 2.30. The average Bonchev–Trinajstić information content (AvgIpc) is 2.70. The Kier molecular flexibility index (Phi) is 7.47. The summed E-state index contributed by atoms with van der Waals surface area (Å²) in [6.45, 7) is 3.36. The maximum absolute atomic E-state index is 13.8. The molecular weight excluding hydrogens is 371 g/mol. The van der Waals surface area contributed by atoms with Gasteiger partial charge in [0.25, 0.3) is 5.91 Å². The second-order valence-corrected chi connectivity index (χ2v) is 7.41. The molecule has 0 atom stereocenters. The molecule has 1 fully saturated rings. The maximum Gasteiger partial charge on any atom is 0.251 e. The van der Waals surface area contributed by atoms with E-state index in [1.807, 2.05) is 19.1 Å². The van der Waals surface area contributed by atoms with E-state index in [1.54, 1.807) is 13.2 Å². The maximum atomic E-state index is 13.8. The third kappa shape index (κ3) is 6.19. The van der Waals surface area contributed by atoms with Gasteiger partial charge < -0.3 is 20.1 Å². The summed E-state index contributed by atoms with van der Waals surface area (Å²) in [4.78, 5) is 12.4. The third-order valence-corrected chi connectivity index (χ3v) is 5.09. The molecule has 0 aliphatic heterocycles. The molecule has 6 heteroatoms. The van der Waals surface area contributed by atoms with Crippen molar-refractivity contribution in [3.05, 3.63) is 59.4 Å². The van der Waals surface area contributed by atoms with Crippen LogP contribution in [0.25, 0.3) is 0 Å². The summed E-state index contributed by atoms with van der Waals surface area (Å²) in [6.07, 6.45) is 3.53. The van der Waals surface area contributed by atoms with Crippen LogP contribution in [0.15, 0.2) is 42.5 Å². The Morgan fingerprint density at radius 2 is 1.86 bits per heavy atom. The number of amides is 1. The van der Waals surface area contributed by atoms with Gasteiger partial charge in [-0.25, -0.2) is 4.39 Å².